The van der Waals surface area contributed by atoms with Crippen molar-refractivity contribution in [3.63, 3.8) is 0 Å². The first-order valence-corrected chi connectivity index (χ1v) is 9.04. The second-order valence-electron chi connectivity index (χ2n) is 7.47. The lowest BCUT2D eigenvalue weighted by Crippen LogP contribution is -2.33. The zero-order valence-electron chi connectivity index (χ0n) is 16.6. The molecule has 0 atom stereocenters. The van der Waals surface area contributed by atoms with Crippen LogP contribution in [-0.4, -0.2) is 33.9 Å². The zero-order valence-corrected chi connectivity index (χ0v) is 16.6. The highest BCUT2D eigenvalue weighted by Crippen LogP contribution is 2.17. The number of hydrogen-bond acceptors (Lipinski definition) is 4. The molecular formula is C20H28N4O3. The fraction of sp³-hybridized carbons (Fsp3) is 0.450. The molecule has 27 heavy (non-hydrogen) atoms. The standard InChI is InChI=1S/C20H28N4O3/c1-14-12-15(2)24(23-14)17-9-6-8-16(13-17)22-18(25)10-7-11-21-19(26)27-20(3,4)5/h6,8-9,12-13H,7,10-11H2,1-5H3,(H,21,26)(H,22,25). The summed E-state index contributed by atoms with van der Waals surface area (Å²) in [6, 6.07) is 9.55. The van der Waals surface area contributed by atoms with Crippen molar-refractivity contribution in [1.29, 1.82) is 0 Å². The van der Waals surface area contributed by atoms with E-state index in [0.717, 1.165) is 17.1 Å². The van der Waals surface area contributed by atoms with Crippen LogP contribution in [-0.2, 0) is 9.53 Å². The van der Waals surface area contributed by atoms with Gasteiger partial charge in [0.1, 0.15) is 5.60 Å². The van der Waals surface area contributed by atoms with Crippen molar-refractivity contribution in [2.24, 2.45) is 0 Å². The van der Waals surface area contributed by atoms with E-state index in [1.807, 2.05) is 48.9 Å². The summed E-state index contributed by atoms with van der Waals surface area (Å²) < 4.78 is 6.99. The predicted octanol–water partition coefficient (Wildman–Crippen LogP) is 3.73. The Bertz CT molecular complexity index is 806. The summed E-state index contributed by atoms with van der Waals surface area (Å²) in [5, 5.41) is 9.98. The van der Waals surface area contributed by atoms with Gasteiger partial charge in [-0.15, -0.1) is 0 Å². The Morgan fingerprint density at radius 3 is 2.56 bits per heavy atom. The lowest BCUT2D eigenvalue weighted by Gasteiger charge is -2.19. The summed E-state index contributed by atoms with van der Waals surface area (Å²) in [6.45, 7) is 9.73. The molecule has 0 aliphatic carbocycles. The highest BCUT2D eigenvalue weighted by atomic mass is 16.6. The number of alkyl carbamates (subject to hydrolysis) is 1. The second kappa shape index (κ2) is 8.70. The topological polar surface area (TPSA) is 85.2 Å². The summed E-state index contributed by atoms with van der Waals surface area (Å²) in [5.74, 6) is -0.105. The van der Waals surface area contributed by atoms with Crippen LogP contribution in [0.1, 0.15) is 45.0 Å². The van der Waals surface area contributed by atoms with Gasteiger partial charge in [-0.1, -0.05) is 6.07 Å². The molecule has 0 bridgehead atoms. The maximum Gasteiger partial charge on any atom is 0.407 e. The van der Waals surface area contributed by atoms with Crippen LogP contribution >= 0.6 is 0 Å². The molecule has 2 aromatic rings. The average molecular weight is 372 g/mol. The van der Waals surface area contributed by atoms with Gasteiger partial charge in [0.15, 0.2) is 0 Å². The lowest BCUT2D eigenvalue weighted by atomic mass is 10.2. The monoisotopic (exact) mass is 372 g/mol. The SMILES string of the molecule is Cc1cc(C)n(-c2cccc(NC(=O)CCCNC(=O)OC(C)(C)C)c2)n1. The van der Waals surface area contributed by atoms with Crippen molar-refractivity contribution in [3.8, 4) is 5.69 Å². The Morgan fingerprint density at radius 1 is 1.19 bits per heavy atom. The molecule has 146 valence electrons. The van der Waals surface area contributed by atoms with Crippen LogP contribution in [0.25, 0.3) is 5.69 Å². The number of nitrogens with zero attached hydrogens (tertiary/aromatic N) is 2. The third-order valence-electron chi connectivity index (χ3n) is 3.63. The molecule has 2 amide bonds. The highest BCUT2D eigenvalue weighted by molar-refractivity contribution is 5.91. The van der Waals surface area contributed by atoms with Gasteiger partial charge in [-0.3, -0.25) is 4.79 Å². The number of anilines is 1. The molecule has 0 aliphatic heterocycles. The number of aromatic nitrogens is 2. The quantitative estimate of drug-likeness (QED) is 0.757. The molecule has 0 unspecified atom stereocenters. The zero-order chi connectivity index (χ0) is 20.0. The molecule has 7 heteroatoms. The van der Waals surface area contributed by atoms with Gasteiger partial charge in [-0.25, -0.2) is 9.48 Å². The van der Waals surface area contributed by atoms with E-state index < -0.39 is 11.7 Å². The minimum absolute atomic E-state index is 0.105. The van der Waals surface area contributed by atoms with Gasteiger partial charge in [-0.05, 0) is 65.3 Å². The Balaban J connectivity index is 1.82. The molecule has 0 aliphatic rings. The van der Waals surface area contributed by atoms with Crippen molar-refractivity contribution in [2.75, 3.05) is 11.9 Å². The molecule has 0 saturated carbocycles. The van der Waals surface area contributed by atoms with Crippen molar-refractivity contribution < 1.29 is 14.3 Å². The van der Waals surface area contributed by atoms with E-state index >= 15 is 0 Å². The minimum atomic E-state index is -0.530. The van der Waals surface area contributed by atoms with Crippen LogP contribution in [0.5, 0.6) is 0 Å². The maximum atomic E-state index is 12.1. The summed E-state index contributed by atoms with van der Waals surface area (Å²) in [5.41, 5.74) is 3.05. The van der Waals surface area contributed by atoms with Gasteiger partial charge in [0.05, 0.1) is 11.4 Å². The summed E-state index contributed by atoms with van der Waals surface area (Å²) in [4.78, 5) is 23.7. The van der Waals surface area contributed by atoms with E-state index in [4.69, 9.17) is 4.74 Å². The maximum absolute atomic E-state index is 12.1. The number of rotatable bonds is 6. The van der Waals surface area contributed by atoms with Crippen LogP contribution in [0.15, 0.2) is 30.3 Å². The van der Waals surface area contributed by atoms with Gasteiger partial charge >= 0.3 is 6.09 Å². The molecule has 2 rings (SSSR count). The Kier molecular flexibility index (Phi) is 6.60. The lowest BCUT2D eigenvalue weighted by molar-refractivity contribution is -0.116. The molecule has 0 fully saturated rings. The van der Waals surface area contributed by atoms with Gasteiger partial charge in [0, 0.05) is 24.3 Å². The van der Waals surface area contributed by atoms with Crippen molar-refractivity contribution in [1.82, 2.24) is 15.1 Å². The molecule has 1 heterocycles. The summed E-state index contributed by atoms with van der Waals surface area (Å²) >= 11 is 0. The molecule has 1 aromatic heterocycles. The summed E-state index contributed by atoms with van der Waals surface area (Å²) in [7, 11) is 0. The van der Waals surface area contributed by atoms with Crippen LogP contribution in [0.3, 0.4) is 0 Å². The fourth-order valence-electron chi connectivity index (χ4n) is 2.58. The first-order chi connectivity index (χ1) is 12.6. The predicted molar refractivity (Wildman–Crippen MR) is 105 cm³/mol. The Morgan fingerprint density at radius 2 is 1.93 bits per heavy atom. The highest BCUT2D eigenvalue weighted by Gasteiger charge is 2.15. The molecule has 1 aromatic carbocycles. The molecule has 0 spiro atoms. The smallest absolute Gasteiger partial charge is 0.407 e. The van der Waals surface area contributed by atoms with E-state index in [9.17, 15) is 9.59 Å². The number of hydrogen-bond donors (Lipinski definition) is 2. The number of nitrogens with one attached hydrogen (secondary N) is 2. The Hall–Kier alpha value is -2.83. The van der Waals surface area contributed by atoms with Crippen LogP contribution in [0.2, 0.25) is 0 Å². The average Bonchev–Trinajstić information content (AvgIpc) is 2.89. The van der Waals surface area contributed by atoms with Gasteiger partial charge in [0.2, 0.25) is 5.91 Å². The summed E-state index contributed by atoms with van der Waals surface area (Å²) in [6.07, 6.45) is 0.364. The molecule has 7 nitrogen and oxygen atoms in total. The largest absolute Gasteiger partial charge is 0.444 e. The van der Waals surface area contributed by atoms with Gasteiger partial charge in [0.25, 0.3) is 0 Å². The van der Waals surface area contributed by atoms with Gasteiger partial charge < -0.3 is 15.4 Å². The number of aryl methyl sites for hydroxylation is 2. The minimum Gasteiger partial charge on any atom is -0.444 e. The van der Waals surface area contributed by atoms with E-state index in [1.165, 1.54) is 0 Å². The number of carbonyl (C=O) groups excluding carboxylic acids is 2. The number of ether oxygens (including phenoxy) is 1. The number of amides is 2. The van der Waals surface area contributed by atoms with E-state index in [2.05, 4.69) is 15.7 Å². The first-order valence-electron chi connectivity index (χ1n) is 9.04. The Labute approximate surface area is 160 Å². The van der Waals surface area contributed by atoms with Crippen LogP contribution < -0.4 is 10.6 Å². The molecular weight excluding hydrogens is 344 g/mol. The van der Waals surface area contributed by atoms with Crippen LogP contribution in [0, 0.1) is 13.8 Å². The third-order valence-corrected chi connectivity index (χ3v) is 3.63. The normalized spacial score (nSPS) is 11.1. The first kappa shape index (κ1) is 20.5. The number of benzene rings is 1. The van der Waals surface area contributed by atoms with E-state index in [-0.39, 0.29) is 5.91 Å². The molecule has 0 radical (unpaired) electrons. The van der Waals surface area contributed by atoms with E-state index in [0.29, 0.717) is 25.1 Å². The fourth-order valence-corrected chi connectivity index (χ4v) is 2.58. The van der Waals surface area contributed by atoms with Crippen molar-refractivity contribution in [2.45, 2.75) is 53.1 Å². The van der Waals surface area contributed by atoms with Crippen molar-refractivity contribution >= 4 is 17.7 Å². The van der Waals surface area contributed by atoms with E-state index in [1.54, 1.807) is 20.8 Å². The van der Waals surface area contributed by atoms with Crippen LogP contribution in [0.4, 0.5) is 10.5 Å². The van der Waals surface area contributed by atoms with Gasteiger partial charge in [-0.2, -0.15) is 5.10 Å². The third kappa shape index (κ3) is 6.77. The number of carbonyl (C=O) groups is 2. The molecule has 2 N–H and O–H groups in total. The molecule has 0 saturated heterocycles. The van der Waals surface area contributed by atoms with Crippen molar-refractivity contribution in [3.05, 3.63) is 41.7 Å². The second-order valence-corrected chi connectivity index (χ2v) is 7.47.